The lowest BCUT2D eigenvalue weighted by molar-refractivity contribution is -0.875. The predicted octanol–water partition coefficient (Wildman–Crippen LogP) is 1.71. The van der Waals surface area contributed by atoms with Crippen molar-refractivity contribution >= 4 is 15.9 Å². The molecule has 2 rings (SSSR count). The van der Waals surface area contributed by atoms with Crippen LogP contribution in [0.2, 0.25) is 0 Å². The molecule has 20 heavy (non-hydrogen) atoms. The maximum atomic E-state index is 6.36. The molecule has 0 saturated carbocycles. The fourth-order valence-corrected chi connectivity index (χ4v) is 3.51. The summed E-state index contributed by atoms with van der Waals surface area (Å²) in [7, 11) is 4.44. The summed E-state index contributed by atoms with van der Waals surface area (Å²) in [5.41, 5.74) is 15.2. The number of allylic oxidation sites excluding steroid dienone is 3. The van der Waals surface area contributed by atoms with E-state index >= 15 is 0 Å². The molecule has 1 aliphatic carbocycles. The molecule has 0 bridgehead atoms. The molecule has 0 radical (unpaired) electrons. The van der Waals surface area contributed by atoms with Crippen molar-refractivity contribution in [3.8, 4) is 0 Å². The van der Waals surface area contributed by atoms with Gasteiger partial charge in [-0.15, -0.1) is 0 Å². The highest BCUT2D eigenvalue weighted by Gasteiger charge is 2.34. The van der Waals surface area contributed by atoms with Gasteiger partial charge in [-0.3, -0.25) is 9.38 Å². The minimum Gasteiger partial charge on any atom is -0.396 e. The predicted molar refractivity (Wildman–Crippen MR) is 87.7 cm³/mol. The molecule has 1 unspecified atom stereocenters. The SMILES string of the molecule is CC1C=C(Br)C(N)=C(N)C([N+]2(C)CCN(C)CC2)=CC1. The zero-order valence-corrected chi connectivity index (χ0v) is 14.3. The van der Waals surface area contributed by atoms with Crippen LogP contribution in [0.1, 0.15) is 13.3 Å². The summed E-state index contributed by atoms with van der Waals surface area (Å²) < 4.78 is 1.80. The van der Waals surface area contributed by atoms with Gasteiger partial charge < -0.3 is 11.5 Å². The van der Waals surface area contributed by atoms with Crippen molar-refractivity contribution < 1.29 is 4.48 Å². The summed E-state index contributed by atoms with van der Waals surface area (Å²) in [5.74, 6) is 0.463. The van der Waals surface area contributed by atoms with E-state index < -0.39 is 0 Å². The van der Waals surface area contributed by atoms with Crippen LogP contribution in [0.4, 0.5) is 0 Å². The number of likely N-dealkylation sites (N-methyl/N-ethyl adjacent to an activating group) is 2. The van der Waals surface area contributed by atoms with Gasteiger partial charge in [0.05, 0.1) is 25.8 Å². The van der Waals surface area contributed by atoms with Crippen LogP contribution < -0.4 is 11.5 Å². The molecule has 1 heterocycles. The van der Waals surface area contributed by atoms with Gasteiger partial charge in [0.2, 0.25) is 0 Å². The summed E-state index contributed by atoms with van der Waals surface area (Å²) >= 11 is 3.55. The standard InChI is InChI=1S/C15H26BrN4/c1-11-4-5-13(15(18)14(17)12(16)10-11)20(3)8-6-19(2)7-9-20/h5,10-11H,4,6-9,17-18H2,1-3H3/q+1. The first-order valence-electron chi connectivity index (χ1n) is 7.20. The van der Waals surface area contributed by atoms with Crippen molar-refractivity contribution in [1.29, 1.82) is 0 Å². The highest BCUT2D eigenvalue weighted by Crippen LogP contribution is 2.30. The van der Waals surface area contributed by atoms with Crippen molar-refractivity contribution in [3.05, 3.63) is 33.7 Å². The van der Waals surface area contributed by atoms with Crippen LogP contribution in [0.3, 0.4) is 0 Å². The highest BCUT2D eigenvalue weighted by molar-refractivity contribution is 9.12. The molecular weight excluding hydrogens is 316 g/mol. The second-order valence-corrected chi connectivity index (χ2v) is 7.15. The van der Waals surface area contributed by atoms with Crippen molar-refractivity contribution in [2.45, 2.75) is 13.3 Å². The lowest BCUT2D eigenvalue weighted by atomic mass is 10.0. The normalized spacial score (nSPS) is 28.5. The van der Waals surface area contributed by atoms with Gasteiger partial charge in [0, 0.05) is 17.6 Å². The van der Waals surface area contributed by atoms with Gasteiger partial charge in [0.15, 0.2) is 5.70 Å². The lowest BCUT2D eigenvalue weighted by Crippen LogP contribution is -2.56. The summed E-state index contributed by atoms with van der Waals surface area (Å²) in [6, 6.07) is 0. The van der Waals surface area contributed by atoms with Gasteiger partial charge in [-0.1, -0.05) is 13.0 Å². The quantitative estimate of drug-likeness (QED) is 0.714. The number of quaternary nitrogens is 1. The number of piperazine rings is 1. The number of rotatable bonds is 1. The van der Waals surface area contributed by atoms with Crippen LogP contribution in [-0.4, -0.2) is 49.7 Å². The fraction of sp³-hybridized carbons (Fsp3) is 0.600. The smallest absolute Gasteiger partial charge is 0.154 e. The zero-order chi connectivity index (χ0) is 14.9. The van der Waals surface area contributed by atoms with E-state index in [1.165, 1.54) is 5.70 Å². The number of nitrogens with two attached hydrogens (primary N) is 2. The monoisotopic (exact) mass is 341 g/mol. The molecule has 112 valence electrons. The third kappa shape index (κ3) is 3.10. The molecule has 0 aromatic carbocycles. The Bertz CT molecular complexity index is 470. The van der Waals surface area contributed by atoms with Gasteiger partial charge in [-0.25, -0.2) is 0 Å². The second kappa shape index (κ2) is 5.92. The molecular formula is C15H26BrN4+. The van der Waals surface area contributed by atoms with Crippen molar-refractivity contribution in [2.75, 3.05) is 40.3 Å². The Hall–Kier alpha value is -0.780. The first kappa shape index (κ1) is 15.6. The van der Waals surface area contributed by atoms with E-state index in [0.717, 1.165) is 47.3 Å². The Morgan fingerprint density at radius 1 is 1.25 bits per heavy atom. The third-order valence-corrected chi connectivity index (χ3v) is 5.16. The Morgan fingerprint density at radius 3 is 2.45 bits per heavy atom. The molecule has 4 nitrogen and oxygen atoms in total. The van der Waals surface area contributed by atoms with Gasteiger partial charge in [0.1, 0.15) is 5.70 Å². The second-order valence-electron chi connectivity index (χ2n) is 6.29. The average Bonchev–Trinajstić information content (AvgIpc) is 2.40. The fourth-order valence-electron chi connectivity index (χ4n) is 2.84. The summed E-state index contributed by atoms with van der Waals surface area (Å²) in [4.78, 5) is 2.37. The third-order valence-electron chi connectivity index (χ3n) is 4.47. The maximum absolute atomic E-state index is 6.36. The van der Waals surface area contributed by atoms with E-state index in [2.05, 4.69) is 54.0 Å². The topological polar surface area (TPSA) is 55.3 Å². The van der Waals surface area contributed by atoms with Crippen LogP contribution in [-0.2, 0) is 0 Å². The molecule has 0 aromatic heterocycles. The van der Waals surface area contributed by atoms with Crippen LogP contribution in [0.25, 0.3) is 0 Å². The Labute approximate surface area is 130 Å². The molecule has 5 heteroatoms. The molecule has 1 fully saturated rings. The number of nitrogens with zero attached hydrogens (tertiary/aromatic N) is 2. The van der Waals surface area contributed by atoms with Gasteiger partial charge in [-0.2, -0.15) is 0 Å². The van der Waals surface area contributed by atoms with Gasteiger partial charge in [-0.05, 0) is 41.4 Å². The zero-order valence-electron chi connectivity index (χ0n) is 12.7. The van der Waals surface area contributed by atoms with Gasteiger partial charge in [0.25, 0.3) is 0 Å². The van der Waals surface area contributed by atoms with Crippen LogP contribution in [0.15, 0.2) is 33.7 Å². The van der Waals surface area contributed by atoms with E-state index in [0.29, 0.717) is 11.6 Å². The minimum atomic E-state index is 0.463. The Kier molecular flexibility index (Phi) is 4.62. The van der Waals surface area contributed by atoms with Crippen molar-refractivity contribution in [2.24, 2.45) is 17.4 Å². The van der Waals surface area contributed by atoms with E-state index in [4.69, 9.17) is 11.5 Å². The molecule has 1 saturated heterocycles. The summed E-state index contributed by atoms with van der Waals surface area (Å²) in [6.45, 7) is 6.54. The van der Waals surface area contributed by atoms with Crippen LogP contribution >= 0.6 is 15.9 Å². The van der Waals surface area contributed by atoms with E-state index in [1.54, 1.807) is 0 Å². The molecule has 0 aromatic rings. The largest absolute Gasteiger partial charge is 0.396 e. The summed E-state index contributed by atoms with van der Waals surface area (Å²) in [5, 5.41) is 0. The first-order valence-corrected chi connectivity index (χ1v) is 8.00. The Morgan fingerprint density at radius 2 is 1.85 bits per heavy atom. The number of hydrogen-bond donors (Lipinski definition) is 2. The lowest BCUT2D eigenvalue weighted by Gasteiger charge is -2.42. The minimum absolute atomic E-state index is 0.463. The molecule has 1 aliphatic heterocycles. The molecule has 2 aliphatic rings. The Balaban J connectivity index is 2.39. The van der Waals surface area contributed by atoms with Crippen LogP contribution in [0.5, 0.6) is 0 Å². The summed E-state index contributed by atoms with van der Waals surface area (Å²) in [6.07, 6.45) is 5.43. The average molecular weight is 342 g/mol. The number of hydrogen-bond acceptors (Lipinski definition) is 3. The molecule has 0 amide bonds. The van der Waals surface area contributed by atoms with Crippen LogP contribution in [0, 0.1) is 5.92 Å². The molecule has 4 N–H and O–H groups in total. The first-order chi connectivity index (χ1) is 9.33. The van der Waals surface area contributed by atoms with Crippen molar-refractivity contribution in [1.82, 2.24) is 4.90 Å². The number of halogens is 1. The van der Waals surface area contributed by atoms with E-state index in [-0.39, 0.29) is 0 Å². The van der Waals surface area contributed by atoms with Crippen molar-refractivity contribution in [3.63, 3.8) is 0 Å². The van der Waals surface area contributed by atoms with Gasteiger partial charge >= 0.3 is 0 Å². The molecule has 1 atom stereocenters. The maximum Gasteiger partial charge on any atom is 0.154 e. The van der Waals surface area contributed by atoms with E-state index in [1.807, 2.05) is 0 Å². The highest BCUT2D eigenvalue weighted by atomic mass is 79.9. The van der Waals surface area contributed by atoms with E-state index in [9.17, 15) is 0 Å². The molecule has 0 spiro atoms.